The summed E-state index contributed by atoms with van der Waals surface area (Å²) in [5.41, 5.74) is -1.84. The minimum atomic E-state index is -1.19. The second-order valence-electron chi connectivity index (χ2n) is 10.9. The Hall–Kier alpha value is -4.12. The molecule has 1 unspecified atom stereocenters. The van der Waals surface area contributed by atoms with Crippen molar-refractivity contribution in [2.24, 2.45) is 5.41 Å². The van der Waals surface area contributed by atoms with Gasteiger partial charge in [0.05, 0.1) is 12.6 Å². The van der Waals surface area contributed by atoms with Crippen molar-refractivity contribution in [3.05, 3.63) is 98.7 Å². The van der Waals surface area contributed by atoms with E-state index in [9.17, 15) is 32.7 Å². The zero-order valence-electron chi connectivity index (χ0n) is 22.6. The minimum Gasteiger partial charge on any atom is -0.483 e. The Morgan fingerprint density at radius 3 is 2.49 bits per heavy atom. The van der Waals surface area contributed by atoms with Crippen molar-refractivity contribution in [1.29, 1.82) is 0 Å². The van der Waals surface area contributed by atoms with Crippen LogP contribution in [0.25, 0.3) is 0 Å². The standard InChI is InChI=1S/C30H30F3N3O5/c1-17-8-9-30(2,16-37)24-14-35(17)29(40)25-27(41-15-18-6-4-3-5-7-18)26(38)21(13-36(24)25)28(39)34-12-20-22(32)10-19(31)11-23(20)33/h3-7,10-11,13,17,24,37H,8-9,12,14-16H2,1-2H3,(H,34,39)/t17?,24-,30-/m1/s1. The molecular weight excluding hydrogens is 539 g/mol. The second-order valence-corrected chi connectivity index (χ2v) is 10.9. The van der Waals surface area contributed by atoms with Gasteiger partial charge in [-0.15, -0.1) is 0 Å². The van der Waals surface area contributed by atoms with Crippen LogP contribution in [0.1, 0.15) is 64.7 Å². The van der Waals surface area contributed by atoms with E-state index in [-0.39, 0.29) is 37.2 Å². The number of aliphatic hydroxyl groups is 1. The van der Waals surface area contributed by atoms with Gasteiger partial charge >= 0.3 is 0 Å². The van der Waals surface area contributed by atoms with E-state index in [1.807, 2.05) is 19.9 Å². The SMILES string of the molecule is CC1CC[C@](C)(CO)[C@H]2CN1C(=O)c1c(OCc3ccccc3)c(=O)c(C(=O)NCc3c(F)cc(F)cc3F)cn12. The lowest BCUT2D eigenvalue weighted by Gasteiger charge is -2.43. The Morgan fingerprint density at radius 1 is 1.15 bits per heavy atom. The van der Waals surface area contributed by atoms with Crippen LogP contribution in [0.2, 0.25) is 0 Å². The Bertz CT molecular complexity index is 1540. The van der Waals surface area contributed by atoms with Gasteiger partial charge in [0.2, 0.25) is 5.43 Å². The number of benzene rings is 2. The van der Waals surface area contributed by atoms with Crippen LogP contribution >= 0.6 is 0 Å². The number of carbonyl (C=O) groups excluding carboxylic acids is 2. The zero-order chi connectivity index (χ0) is 29.5. The summed E-state index contributed by atoms with van der Waals surface area (Å²) in [5, 5.41) is 12.7. The normalized spacial score (nSPS) is 21.7. The molecule has 2 aliphatic heterocycles. The third-order valence-corrected chi connectivity index (χ3v) is 8.19. The molecule has 1 saturated heterocycles. The highest BCUT2D eigenvalue weighted by Crippen LogP contribution is 2.45. The Morgan fingerprint density at radius 2 is 1.83 bits per heavy atom. The first-order chi connectivity index (χ1) is 19.5. The molecule has 2 bridgehead atoms. The Balaban J connectivity index is 1.60. The fourth-order valence-corrected chi connectivity index (χ4v) is 5.57. The molecule has 3 aromatic rings. The van der Waals surface area contributed by atoms with E-state index in [0.717, 1.165) is 5.56 Å². The molecule has 1 fully saturated rings. The highest BCUT2D eigenvalue weighted by atomic mass is 19.1. The van der Waals surface area contributed by atoms with Crippen LogP contribution in [0.15, 0.2) is 53.5 Å². The summed E-state index contributed by atoms with van der Waals surface area (Å²) < 4.78 is 49.2. The molecular formula is C30H30F3N3O5. The molecule has 3 atom stereocenters. The number of nitrogens with one attached hydrogen (secondary N) is 1. The van der Waals surface area contributed by atoms with Crippen LogP contribution in [0.4, 0.5) is 13.2 Å². The van der Waals surface area contributed by atoms with Gasteiger partial charge in [-0.05, 0) is 25.3 Å². The molecule has 2 amide bonds. The van der Waals surface area contributed by atoms with Gasteiger partial charge in [0.25, 0.3) is 11.8 Å². The van der Waals surface area contributed by atoms with Crippen molar-refractivity contribution >= 4 is 11.8 Å². The van der Waals surface area contributed by atoms with Crippen molar-refractivity contribution in [3.8, 4) is 5.75 Å². The molecule has 11 heteroatoms. The van der Waals surface area contributed by atoms with Crippen molar-refractivity contribution in [2.75, 3.05) is 13.2 Å². The molecule has 0 radical (unpaired) electrons. The van der Waals surface area contributed by atoms with E-state index in [1.54, 1.807) is 29.2 Å². The smallest absolute Gasteiger partial charge is 0.274 e. The number of halogens is 3. The van der Waals surface area contributed by atoms with Crippen molar-refractivity contribution in [2.45, 2.75) is 51.9 Å². The molecule has 2 aromatic carbocycles. The predicted molar refractivity (Wildman–Crippen MR) is 143 cm³/mol. The van der Waals surface area contributed by atoms with Crippen LogP contribution in [-0.2, 0) is 13.2 Å². The molecule has 41 heavy (non-hydrogen) atoms. The van der Waals surface area contributed by atoms with Crippen LogP contribution in [-0.4, -0.2) is 45.6 Å². The molecule has 0 saturated carbocycles. The van der Waals surface area contributed by atoms with Gasteiger partial charge in [0, 0.05) is 48.4 Å². The van der Waals surface area contributed by atoms with E-state index in [0.29, 0.717) is 25.0 Å². The van der Waals surface area contributed by atoms with Crippen molar-refractivity contribution < 1.29 is 32.6 Å². The van der Waals surface area contributed by atoms with Gasteiger partial charge in [0.1, 0.15) is 29.6 Å². The van der Waals surface area contributed by atoms with Gasteiger partial charge in [-0.3, -0.25) is 14.4 Å². The number of carbonyl (C=O) groups is 2. The minimum absolute atomic E-state index is 0.0252. The van der Waals surface area contributed by atoms with Crippen molar-refractivity contribution in [3.63, 3.8) is 0 Å². The van der Waals surface area contributed by atoms with Crippen LogP contribution < -0.4 is 15.5 Å². The molecule has 216 valence electrons. The Kier molecular flexibility index (Phi) is 7.65. The summed E-state index contributed by atoms with van der Waals surface area (Å²) in [6.45, 7) is 3.12. The number of aromatic nitrogens is 1. The summed E-state index contributed by atoms with van der Waals surface area (Å²) in [5.74, 6) is -5.19. The molecule has 2 aliphatic rings. The first-order valence-electron chi connectivity index (χ1n) is 13.3. The first kappa shape index (κ1) is 28.4. The summed E-state index contributed by atoms with van der Waals surface area (Å²) in [6.07, 6.45) is 2.46. The number of hydrogen-bond donors (Lipinski definition) is 2. The average molecular weight is 570 g/mol. The second kappa shape index (κ2) is 11.0. The Labute approximate surface area is 234 Å². The molecule has 8 nitrogen and oxygen atoms in total. The molecule has 0 spiro atoms. The number of nitrogens with zero attached hydrogens (tertiary/aromatic N) is 2. The average Bonchev–Trinajstić information content (AvgIpc) is 3.06. The third kappa shape index (κ3) is 5.21. The number of fused-ring (bicyclic) bond motifs is 4. The highest BCUT2D eigenvalue weighted by Gasteiger charge is 2.47. The van der Waals surface area contributed by atoms with E-state index in [4.69, 9.17) is 4.74 Å². The van der Waals surface area contributed by atoms with Crippen molar-refractivity contribution in [1.82, 2.24) is 14.8 Å². The summed E-state index contributed by atoms with van der Waals surface area (Å²) in [6, 6.07) is 9.29. The molecule has 1 aromatic heterocycles. The topological polar surface area (TPSA) is 101 Å². The summed E-state index contributed by atoms with van der Waals surface area (Å²) in [4.78, 5) is 42.5. The van der Waals surface area contributed by atoms with E-state index in [1.165, 1.54) is 10.8 Å². The van der Waals surface area contributed by atoms with Gasteiger partial charge in [-0.2, -0.15) is 0 Å². The maximum atomic E-state index is 14.2. The van der Waals surface area contributed by atoms with Crippen LogP contribution in [0.5, 0.6) is 5.75 Å². The van der Waals surface area contributed by atoms with Gasteiger partial charge in [-0.25, -0.2) is 13.2 Å². The lowest BCUT2D eigenvalue weighted by Crippen LogP contribution is -2.50. The quantitative estimate of drug-likeness (QED) is 0.449. The van der Waals surface area contributed by atoms with Gasteiger partial charge < -0.3 is 24.6 Å². The maximum Gasteiger partial charge on any atom is 0.274 e. The summed E-state index contributed by atoms with van der Waals surface area (Å²) in [7, 11) is 0. The monoisotopic (exact) mass is 569 g/mol. The number of ether oxygens (including phenoxy) is 1. The van der Waals surface area contributed by atoms with Crippen LogP contribution in [0.3, 0.4) is 0 Å². The fraction of sp³-hybridized carbons (Fsp3) is 0.367. The molecule has 3 heterocycles. The van der Waals surface area contributed by atoms with Gasteiger partial charge in [0.15, 0.2) is 11.4 Å². The lowest BCUT2D eigenvalue weighted by molar-refractivity contribution is 0.0411. The van der Waals surface area contributed by atoms with E-state index >= 15 is 0 Å². The lowest BCUT2D eigenvalue weighted by atomic mass is 9.78. The first-order valence-corrected chi connectivity index (χ1v) is 13.3. The highest BCUT2D eigenvalue weighted by molar-refractivity contribution is 5.99. The zero-order valence-corrected chi connectivity index (χ0v) is 22.6. The summed E-state index contributed by atoms with van der Waals surface area (Å²) >= 11 is 0. The molecule has 2 N–H and O–H groups in total. The number of rotatable bonds is 7. The predicted octanol–water partition coefficient (Wildman–Crippen LogP) is 3.95. The van der Waals surface area contributed by atoms with Crippen LogP contribution in [0, 0.1) is 22.9 Å². The molecule has 0 aliphatic carbocycles. The molecule has 5 rings (SSSR count). The van der Waals surface area contributed by atoms with E-state index in [2.05, 4.69) is 5.32 Å². The number of aliphatic hydroxyl groups excluding tert-OH is 1. The number of pyridine rings is 1. The largest absolute Gasteiger partial charge is 0.483 e. The maximum absolute atomic E-state index is 14.2. The number of hydrogen-bond acceptors (Lipinski definition) is 5. The number of amides is 2. The fourth-order valence-electron chi connectivity index (χ4n) is 5.57. The van der Waals surface area contributed by atoms with E-state index < -0.39 is 63.8 Å². The third-order valence-electron chi connectivity index (χ3n) is 8.19. The van der Waals surface area contributed by atoms with Gasteiger partial charge in [-0.1, -0.05) is 37.3 Å².